The highest BCUT2D eigenvalue weighted by Crippen LogP contribution is 2.18. The average Bonchev–Trinajstić information content (AvgIpc) is 3.17. The predicted octanol–water partition coefficient (Wildman–Crippen LogP) is 2.29. The van der Waals surface area contributed by atoms with Crippen LogP contribution in [0.5, 0.6) is 0 Å². The van der Waals surface area contributed by atoms with Gasteiger partial charge in [0.05, 0.1) is 13.2 Å². The zero-order chi connectivity index (χ0) is 14.7. The van der Waals surface area contributed by atoms with E-state index in [1.54, 1.807) is 24.6 Å². The molecular weight excluding hydrogens is 290 g/mol. The lowest BCUT2D eigenvalue weighted by molar-refractivity contribution is 0.185. The van der Waals surface area contributed by atoms with Crippen LogP contribution in [0.15, 0.2) is 28.4 Å². The molecule has 3 rings (SSSR count). The normalized spacial score (nSPS) is 11.0. The molecule has 0 saturated carbocycles. The first-order valence-corrected chi connectivity index (χ1v) is 7.24. The van der Waals surface area contributed by atoms with Gasteiger partial charge in [-0.05, 0) is 17.0 Å². The molecule has 3 aromatic rings. The van der Waals surface area contributed by atoms with Crippen LogP contribution >= 0.6 is 11.3 Å². The maximum atomic E-state index is 5.17. The van der Waals surface area contributed by atoms with Crippen LogP contribution in [0.4, 0.5) is 6.01 Å². The van der Waals surface area contributed by atoms with Crippen LogP contribution in [0, 0.1) is 0 Å². The molecule has 1 N–H and O–H groups in total. The van der Waals surface area contributed by atoms with E-state index in [2.05, 4.69) is 31.9 Å². The van der Waals surface area contributed by atoms with Crippen LogP contribution in [-0.4, -0.2) is 26.8 Å². The third-order valence-corrected chi connectivity index (χ3v) is 3.87. The summed E-state index contributed by atoms with van der Waals surface area (Å²) in [5.74, 6) is 1.14. The number of anilines is 1. The molecule has 0 atom stereocenters. The Morgan fingerprint density at radius 3 is 3.14 bits per heavy atom. The van der Waals surface area contributed by atoms with E-state index in [4.69, 9.17) is 9.26 Å². The molecule has 110 valence electrons. The molecule has 0 bridgehead atoms. The summed E-state index contributed by atoms with van der Waals surface area (Å²) < 4.78 is 12.1. The second-order valence-corrected chi connectivity index (χ2v) is 5.49. The summed E-state index contributed by atoms with van der Waals surface area (Å²) in [6.07, 6.45) is 3.53. The van der Waals surface area contributed by atoms with Gasteiger partial charge >= 0.3 is 6.01 Å². The number of methoxy groups -OCH3 is 1. The molecule has 0 saturated heterocycles. The standard InChI is InChI=1S/C13H15N5O2S/c1-18-4-3-14-12(18)11-16-13(20-17-11)15-6-10-5-9(7-19-2)8-21-10/h3-5,8H,6-7H2,1-2H3,(H,15,16,17). The molecule has 0 fully saturated rings. The van der Waals surface area contributed by atoms with Crippen molar-refractivity contribution in [2.75, 3.05) is 12.4 Å². The second-order valence-electron chi connectivity index (χ2n) is 4.49. The molecular formula is C13H15N5O2S. The van der Waals surface area contributed by atoms with Crippen molar-refractivity contribution in [2.24, 2.45) is 7.05 Å². The van der Waals surface area contributed by atoms with Gasteiger partial charge in [0.2, 0.25) is 5.82 Å². The Hall–Kier alpha value is -2.19. The van der Waals surface area contributed by atoms with E-state index in [0.717, 1.165) is 0 Å². The minimum Gasteiger partial charge on any atom is -0.380 e. The first-order chi connectivity index (χ1) is 10.3. The van der Waals surface area contributed by atoms with Crippen molar-refractivity contribution in [3.63, 3.8) is 0 Å². The van der Waals surface area contributed by atoms with E-state index < -0.39 is 0 Å². The van der Waals surface area contributed by atoms with Gasteiger partial charge in [-0.2, -0.15) is 4.98 Å². The Bertz CT molecular complexity index is 718. The molecule has 0 unspecified atom stereocenters. The maximum absolute atomic E-state index is 5.17. The number of hydrogen-bond acceptors (Lipinski definition) is 7. The van der Waals surface area contributed by atoms with Gasteiger partial charge < -0.3 is 19.1 Å². The summed E-state index contributed by atoms with van der Waals surface area (Å²) in [6, 6.07) is 2.48. The molecule has 0 aliphatic carbocycles. The van der Waals surface area contributed by atoms with E-state index in [-0.39, 0.29) is 0 Å². The van der Waals surface area contributed by atoms with Gasteiger partial charge in [0.1, 0.15) is 0 Å². The summed E-state index contributed by atoms with van der Waals surface area (Å²) in [4.78, 5) is 9.64. The molecule has 0 spiro atoms. The smallest absolute Gasteiger partial charge is 0.322 e. The van der Waals surface area contributed by atoms with Crippen molar-refractivity contribution in [1.82, 2.24) is 19.7 Å². The minimum absolute atomic E-state index is 0.384. The number of nitrogens with one attached hydrogen (secondary N) is 1. The van der Waals surface area contributed by atoms with Crippen LogP contribution in [0.3, 0.4) is 0 Å². The first kappa shape index (κ1) is 13.8. The van der Waals surface area contributed by atoms with E-state index in [9.17, 15) is 0 Å². The van der Waals surface area contributed by atoms with Crippen LogP contribution in [0.2, 0.25) is 0 Å². The average molecular weight is 305 g/mol. The first-order valence-electron chi connectivity index (χ1n) is 6.37. The maximum Gasteiger partial charge on any atom is 0.322 e. The predicted molar refractivity (Wildman–Crippen MR) is 78.9 cm³/mol. The van der Waals surface area contributed by atoms with Gasteiger partial charge in [-0.15, -0.1) is 11.3 Å². The highest BCUT2D eigenvalue weighted by Gasteiger charge is 2.12. The highest BCUT2D eigenvalue weighted by atomic mass is 32.1. The van der Waals surface area contributed by atoms with Crippen LogP contribution in [0.25, 0.3) is 11.6 Å². The lowest BCUT2D eigenvalue weighted by Crippen LogP contribution is -1.98. The summed E-state index contributed by atoms with van der Waals surface area (Å²) in [6.45, 7) is 1.26. The lowest BCUT2D eigenvalue weighted by atomic mass is 10.3. The fourth-order valence-corrected chi connectivity index (χ4v) is 2.70. The number of hydrogen-bond donors (Lipinski definition) is 1. The zero-order valence-corrected chi connectivity index (χ0v) is 12.6. The Balaban J connectivity index is 1.63. The Labute approximate surface area is 125 Å². The molecule has 3 heterocycles. The number of rotatable bonds is 6. The van der Waals surface area contributed by atoms with E-state index in [1.807, 2.05) is 17.8 Å². The Kier molecular flexibility index (Phi) is 3.98. The van der Waals surface area contributed by atoms with E-state index in [1.165, 1.54) is 10.4 Å². The summed E-state index contributed by atoms with van der Waals surface area (Å²) in [7, 11) is 3.57. The SMILES string of the molecule is COCc1csc(CNc2nc(-c3nccn3C)no2)c1. The highest BCUT2D eigenvalue weighted by molar-refractivity contribution is 7.10. The largest absolute Gasteiger partial charge is 0.380 e. The molecule has 0 amide bonds. The van der Waals surface area contributed by atoms with E-state index >= 15 is 0 Å². The third-order valence-electron chi connectivity index (χ3n) is 2.88. The molecule has 0 aliphatic rings. The minimum atomic E-state index is 0.384. The van der Waals surface area contributed by atoms with Gasteiger partial charge in [0, 0.05) is 31.4 Å². The molecule has 21 heavy (non-hydrogen) atoms. The lowest BCUT2D eigenvalue weighted by Gasteiger charge is -1.97. The van der Waals surface area contributed by atoms with Gasteiger partial charge in [0.15, 0.2) is 5.82 Å². The quantitative estimate of drug-likeness (QED) is 0.753. The van der Waals surface area contributed by atoms with Crippen molar-refractivity contribution in [2.45, 2.75) is 13.2 Å². The molecule has 3 aromatic heterocycles. The monoisotopic (exact) mass is 305 g/mol. The molecule has 0 aromatic carbocycles. The summed E-state index contributed by atoms with van der Waals surface area (Å²) in [5.41, 5.74) is 1.17. The van der Waals surface area contributed by atoms with Crippen molar-refractivity contribution in [1.29, 1.82) is 0 Å². The number of thiophene rings is 1. The fourth-order valence-electron chi connectivity index (χ4n) is 1.89. The third kappa shape index (κ3) is 3.11. The molecule has 0 aliphatic heterocycles. The number of imidazole rings is 1. The van der Waals surface area contributed by atoms with Crippen LogP contribution < -0.4 is 5.32 Å². The number of aryl methyl sites for hydroxylation is 1. The number of aromatic nitrogens is 4. The van der Waals surface area contributed by atoms with Gasteiger partial charge in [-0.3, -0.25) is 0 Å². The Morgan fingerprint density at radius 2 is 2.38 bits per heavy atom. The van der Waals surface area contributed by atoms with Gasteiger partial charge in [0.25, 0.3) is 0 Å². The summed E-state index contributed by atoms with van der Waals surface area (Å²) in [5, 5.41) is 9.11. The molecule has 7 nitrogen and oxygen atoms in total. The Morgan fingerprint density at radius 1 is 1.48 bits per heavy atom. The molecule has 0 radical (unpaired) electrons. The van der Waals surface area contributed by atoms with Crippen molar-refractivity contribution < 1.29 is 9.26 Å². The van der Waals surface area contributed by atoms with E-state index in [0.29, 0.717) is 30.8 Å². The zero-order valence-electron chi connectivity index (χ0n) is 11.7. The topological polar surface area (TPSA) is 78.0 Å². The number of nitrogens with zero attached hydrogens (tertiary/aromatic N) is 4. The second kappa shape index (κ2) is 6.06. The van der Waals surface area contributed by atoms with Gasteiger partial charge in [-0.1, -0.05) is 5.16 Å². The van der Waals surface area contributed by atoms with Crippen molar-refractivity contribution >= 4 is 17.4 Å². The van der Waals surface area contributed by atoms with Crippen LogP contribution in [-0.2, 0) is 24.9 Å². The fraction of sp³-hybridized carbons (Fsp3) is 0.308. The van der Waals surface area contributed by atoms with Crippen molar-refractivity contribution in [3.05, 3.63) is 34.3 Å². The van der Waals surface area contributed by atoms with Crippen LogP contribution in [0.1, 0.15) is 10.4 Å². The number of ether oxygens (including phenoxy) is 1. The van der Waals surface area contributed by atoms with Gasteiger partial charge in [-0.25, -0.2) is 4.98 Å². The summed E-state index contributed by atoms with van der Waals surface area (Å²) >= 11 is 1.67. The molecule has 8 heteroatoms. The van der Waals surface area contributed by atoms with Crippen molar-refractivity contribution in [3.8, 4) is 11.6 Å².